The Morgan fingerprint density at radius 2 is 1.65 bits per heavy atom. The average molecular weight is 466 g/mol. The van der Waals surface area contributed by atoms with Crippen LogP contribution in [0.3, 0.4) is 0 Å². The molecule has 1 saturated heterocycles. The molecule has 1 heterocycles. The monoisotopic (exact) mass is 465 g/mol. The van der Waals surface area contributed by atoms with E-state index in [9.17, 15) is 14.7 Å². The van der Waals surface area contributed by atoms with E-state index in [2.05, 4.69) is 0 Å². The summed E-state index contributed by atoms with van der Waals surface area (Å²) in [6, 6.07) is 14.0. The van der Waals surface area contributed by atoms with Gasteiger partial charge in [0.05, 0.1) is 18.2 Å². The van der Waals surface area contributed by atoms with Crippen LogP contribution in [0.1, 0.15) is 36.9 Å². The zero-order valence-corrected chi connectivity index (χ0v) is 20.7. The number of benzene rings is 2. The number of hydrogen-bond donors (Lipinski definition) is 1. The number of aliphatic hydroxyl groups excluding tert-OH is 1. The number of ketones is 1. The molecule has 1 atom stereocenters. The minimum Gasteiger partial charge on any atom is -0.507 e. The lowest BCUT2D eigenvalue weighted by Gasteiger charge is -2.26. The largest absolute Gasteiger partial charge is 0.507 e. The van der Waals surface area contributed by atoms with E-state index < -0.39 is 17.7 Å². The highest BCUT2D eigenvalue weighted by atomic mass is 16.5. The van der Waals surface area contributed by atoms with Crippen molar-refractivity contribution >= 4 is 23.1 Å². The zero-order chi connectivity index (χ0) is 24.8. The van der Waals surface area contributed by atoms with Crippen molar-refractivity contribution in [3.05, 3.63) is 65.2 Å². The standard InChI is InChI=1S/C27H35N3O4/c1-6-18-34-22-14-10-20(11-15-22)25(31)23-24(19-8-12-21(13-9-19)29(4)5)30(27(33)26(23)32)17-7-16-28(2)3/h8-15,24,31H,6-7,16-18H2,1-5H3/b25-23-. The number of likely N-dealkylation sites (tertiary alicyclic amines) is 1. The van der Waals surface area contributed by atoms with E-state index in [4.69, 9.17) is 4.74 Å². The second-order valence-electron chi connectivity index (χ2n) is 9.01. The topological polar surface area (TPSA) is 73.3 Å². The van der Waals surface area contributed by atoms with Crippen LogP contribution in [0, 0.1) is 0 Å². The molecule has 2 aromatic rings. The average Bonchev–Trinajstić information content (AvgIpc) is 3.07. The van der Waals surface area contributed by atoms with E-state index in [1.165, 1.54) is 0 Å². The molecule has 1 N–H and O–H groups in total. The Kier molecular flexibility index (Phi) is 8.34. The van der Waals surface area contributed by atoms with E-state index >= 15 is 0 Å². The highest BCUT2D eigenvalue weighted by Crippen LogP contribution is 2.40. The van der Waals surface area contributed by atoms with Gasteiger partial charge in [-0.1, -0.05) is 19.1 Å². The molecule has 1 unspecified atom stereocenters. The van der Waals surface area contributed by atoms with Crippen molar-refractivity contribution in [2.75, 3.05) is 52.8 Å². The Labute approximate surface area is 202 Å². The lowest BCUT2D eigenvalue weighted by molar-refractivity contribution is -0.139. The van der Waals surface area contributed by atoms with Crippen LogP contribution >= 0.6 is 0 Å². The maximum atomic E-state index is 13.1. The van der Waals surface area contributed by atoms with Gasteiger partial charge in [0.25, 0.3) is 11.7 Å². The van der Waals surface area contributed by atoms with Crippen LogP contribution in [0.25, 0.3) is 5.76 Å². The molecule has 0 bridgehead atoms. The van der Waals surface area contributed by atoms with Crippen molar-refractivity contribution in [2.45, 2.75) is 25.8 Å². The van der Waals surface area contributed by atoms with Gasteiger partial charge in [0, 0.05) is 31.9 Å². The Balaban J connectivity index is 2.02. The smallest absolute Gasteiger partial charge is 0.295 e. The summed E-state index contributed by atoms with van der Waals surface area (Å²) in [6.45, 7) is 3.84. The summed E-state index contributed by atoms with van der Waals surface area (Å²) in [5, 5.41) is 11.2. The molecule has 182 valence electrons. The summed E-state index contributed by atoms with van der Waals surface area (Å²) in [6.07, 6.45) is 1.61. The van der Waals surface area contributed by atoms with Crippen molar-refractivity contribution < 1.29 is 19.4 Å². The first kappa shape index (κ1) is 25.3. The van der Waals surface area contributed by atoms with Crippen LogP contribution < -0.4 is 9.64 Å². The minimum absolute atomic E-state index is 0.120. The summed E-state index contributed by atoms with van der Waals surface area (Å²) < 4.78 is 5.62. The van der Waals surface area contributed by atoms with E-state index in [1.807, 2.05) is 69.2 Å². The molecular formula is C27H35N3O4. The number of Topliss-reactive ketones (excluding diaryl/α,β-unsaturated/α-hetero) is 1. The third-order valence-electron chi connectivity index (χ3n) is 5.87. The van der Waals surface area contributed by atoms with Crippen molar-refractivity contribution in [3.63, 3.8) is 0 Å². The maximum Gasteiger partial charge on any atom is 0.295 e. The fourth-order valence-electron chi connectivity index (χ4n) is 4.05. The van der Waals surface area contributed by atoms with Crippen LogP contribution in [0.2, 0.25) is 0 Å². The second kappa shape index (κ2) is 11.2. The van der Waals surface area contributed by atoms with Gasteiger partial charge in [-0.25, -0.2) is 0 Å². The molecule has 0 aliphatic carbocycles. The fraction of sp³-hybridized carbons (Fsp3) is 0.407. The predicted octanol–water partition coefficient (Wildman–Crippen LogP) is 3.91. The van der Waals surface area contributed by atoms with Gasteiger partial charge in [-0.15, -0.1) is 0 Å². The van der Waals surface area contributed by atoms with E-state index in [0.717, 1.165) is 30.6 Å². The molecule has 1 fully saturated rings. The Morgan fingerprint density at radius 3 is 2.21 bits per heavy atom. The first-order valence-electron chi connectivity index (χ1n) is 11.7. The van der Waals surface area contributed by atoms with Crippen LogP contribution in [0.15, 0.2) is 54.1 Å². The molecule has 0 saturated carbocycles. The first-order valence-corrected chi connectivity index (χ1v) is 11.7. The third-order valence-corrected chi connectivity index (χ3v) is 5.87. The lowest BCUT2D eigenvalue weighted by atomic mass is 9.95. The summed E-state index contributed by atoms with van der Waals surface area (Å²) >= 11 is 0. The predicted molar refractivity (Wildman–Crippen MR) is 135 cm³/mol. The van der Waals surface area contributed by atoms with E-state index in [0.29, 0.717) is 24.5 Å². The second-order valence-corrected chi connectivity index (χ2v) is 9.01. The zero-order valence-electron chi connectivity index (χ0n) is 20.7. The molecule has 7 heteroatoms. The molecule has 3 rings (SSSR count). The van der Waals surface area contributed by atoms with Gasteiger partial charge in [-0.05, 0) is 75.4 Å². The number of ether oxygens (including phenoxy) is 1. The highest BCUT2D eigenvalue weighted by Gasteiger charge is 2.45. The van der Waals surface area contributed by atoms with Gasteiger partial charge < -0.3 is 24.5 Å². The molecule has 1 aliphatic rings. The molecule has 0 spiro atoms. The van der Waals surface area contributed by atoms with E-state index in [1.54, 1.807) is 29.2 Å². The number of nitrogens with zero attached hydrogens (tertiary/aromatic N) is 3. The number of carbonyl (C=O) groups excluding carboxylic acids is 2. The molecule has 1 aliphatic heterocycles. The summed E-state index contributed by atoms with van der Waals surface area (Å²) in [5.41, 5.74) is 2.40. The number of carbonyl (C=O) groups is 2. The number of amides is 1. The molecule has 1 amide bonds. The van der Waals surface area contributed by atoms with Crippen molar-refractivity contribution in [1.29, 1.82) is 0 Å². The fourth-order valence-corrected chi connectivity index (χ4v) is 4.05. The van der Waals surface area contributed by atoms with Crippen molar-refractivity contribution in [2.24, 2.45) is 0 Å². The molecule has 7 nitrogen and oxygen atoms in total. The molecule has 34 heavy (non-hydrogen) atoms. The number of hydrogen-bond acceptors (Lipinski definition) is 6. The quantitative estimate of drug-likeness (QED) is 0.326. The maximum absolute atomic E-state index is 13.1. The summed E-state index contributed by atoms with van der Waals surface area (Å²) in [4.78, 5) is 31.8. The Bertz CT molecular complexity index is 1030. The van der Waals surface area contributed by atoms with Crippen LogP contribution in [0.5, 0.6) is 5.75 Å². The Hall–Kier alpha value is -3.32. The molecule has 2 aromatic carbocycles. The van der Waals surface area contributed by atoms with Crippen LogP contribution in [0.4, 0.5) is 5.69 Å². The Morgan fingerprint density at radius 1 is 1.00 bits per heavy atom. The molecular weight excluding hydrogens is 430 g/mol. The summed E-state index contributed by atoms with van der Waals surface area (Å²) in [5.74, 6) is -0.712. The van der Waals surface area contributed by atoms with Gasteiger partial charge in [0.1, 0.15) is 11.5 Å². The SMILES string of the molecule is CCCOc1ccc(/C(O)=C2/C(=O)C(=O)N(CCCN(C)C)C2c2ccc(N(C)C)cc2)cc1. The van der Waals surface area contributed by atoms with Gasteiger partial charge in [0.2, 0.25) is 0 Å². The van der Waals surface area contributed by atoms with Crippen LogP contribution in [-0.4, -0.2) is 74.5 Å². The van der Waals surface area contributed by atoms with Crippen molar-refractivity contribution in [3.8, 4) is 5.75 Å². The van der Waals surface area contributed by atoms with E-state index in [-0.39, 0.29) is 11.3 Å². The third kappa shape index (κ3) is 5.59. The highest BCUT2D eigenvalue weighted by molar-refractivity contribution is 6.46. The van der Waals surface area contributed by atoms with Gasteiger partial charge in [-0.3, -0.25) is 9.59 Å². The van der Waals surface area contributed by atoms with Gasteiger partial charge in [0.15, 0.2) is 0 Å². The number of aliphatic hydroxyl groups is 1. The summed E-state index contributed by atoms with van der Waals surface area (Å²) in [7, 11) is 7.85. The normalized spacial score (nSPS) is 17.5. The lowest BCUT2D eigenvalue weighted by Crippen LogP contribution is -2.32. The molecule has 0 radical (unpaired) electrons. The van der Waals surface area contributed by atoms with Gasteiger partial charge >= 0.3 is 0 Å². The van der Waals surface area contributed by atoms with Crippen molar-refractivity contribution in [1.82, 2.24) is 9.80 Å². The van der Waals surface area contributed by atoms with Crippen LogP contribution in [-0.2, 0) is 9.59 Å². The minimum atomic E-state index is -0.657. The number of anilines is 1. The number of rotatable bonds is 10. The molecule has 0 aromatic heterocycles. The first-order chi connectivity index (χ1) is 16.2. The van der Waals surface area contributed by atoms with Gasteiger partial charge in [-0.2, -0.15) is 0 Å².